The number of unbranched alkanes of at least 4 members (excludes halogenated alkanes) is 7. The first kappa shape index (κ1) is 31.9. The Labute approximate surface area is 260 Å². The van der Waals surface area contributed by atoms with Crippen molar-refractivity contribution < 1.29 is 17.3 Å². The number of aromatic nitrogens is 4. The zero-order valence-electron chi connectivity index (χ0n) is 25.6. The number of nitrogen functional groups attached to an aromatic ring is 1. The number of anilines is 1. The monoisotopic (exact) mass is 620 g/mol. The topological polar surface area (TPSA) is 125 Å². The molecule has 236 valence electrons. The zero-order valence-corrected chi connectivity index (χ0v) is 26.4. The molecule has 0 saturated carbocycles. The lowest BCUT2D eigenvalue weighted by Crippen LogP contribution is -2.35. The highest BCUT2D eigenvalue weighted by Crippen LogP contribution is 2.35. The molecule has 0 radical (unpaired) electrons. The van der Waals surface area contributed by atoms with Gasteiger partial charge in [-0.3, -0.25) is 4.18 Å². The van der Waals surface area contributed by atoms with Crippen LogP contribution in [0.5, 0.6) is 11.5 Å². The Balaban J connectivity index is 1.08. The van der Waals surface area contributed by atoms with E-state index in [-0.39, 0.29) is 6.04 Å². The van der Waals surface area contributed by atoms with E-state index in [4.69, 9.17) is 19.8 Å². The van der Waals surface area contributed by atoms with E-state index in [2.05, 4.69) is 19.5 Å². The van der Waals surface area contributed by atoms with Crippen LogP contribution in [-0.4, -0.2) is 65.6 Å². The average Bonchev–Trinajstić information content (AvgIpc) is 3.41. The molecule has 0 aliphatic carbocycles. The molecule has 0 atom stereocenters. The van der Waals surface area contributed by atoms with E-state index < -0.39 is 10.1 Å². The Kier molecular flexibility index (Phi) is 11.2. The van der Waals surface area contributed by atoms with Crippen molar-refractivity contribution in [2.75, 3.05) is 38.2 Å². The Morgan fingerprint density at radius 1 is 0.841 bits per heavy atom. The summed E-state index contributed by atoms with van der Waals surface area (Å²) in [6, 6.07) is 17.9. The number of piperidine rings is 1. The second-order valence-electron chi connectivity index (χ2n) is 11.6. The summed E-state index contributed by atoms with van der Waals surface area (Å²) >= 11 is 0. The number of benzene rings is 2. The Morgan fingerprint density at radius 3 is 2.16 bits per heavy atom. The summed E-state index contributed by atoms with van der Waals surface area (Å²) in [5.41, 5.74) is 8.91. The van der Waals surface area contributed by atoms with Gasteiger partial charge in [-0.2, -0.15) is 13.5 Å². The molecule has 1 fully saturated rings. The number of ether oxygens (including phenoxy) is 1. The number of nitrogens with two attached hydrogens (primary N) is 1. The van der Waals surface area contributed by atoms with E-state index in [0.29, 0.717) is 12.4 Å². The maximum atomic E-state index is 11.0. The number of likely N-dealkylation sites (tertiary alicyclic amines) is 1. The van der Waals surface area contributed by atoms with Crippen LogP contribution in [0.2, 0.25) is 0 Å². The SMILES string of the molecule is CS(=O)(=O)OCCCCCCCCCCN1CCC(n2nc(-c3ccc(Oc4ccccc4)cc3)c3c(N)ncnc32)CC1. The van der Waals surface area contributed by atoms with Crippen LogP contribution < -0.4 is 10.5 Å². The van der Waals surface area contributed by atoms with Crippen LogP contribution in [0.4, 0.5) is 5.82 Å². The normalized spacial score (nSPS) is 14.8. The van der Waals surface area contributed by atoms with Gasteiger partial charge < -0.3 is 15.4 Å². The quantitative estimate of drug-likeness (QED) is 0.109. The van der Waals surface area contributed by atoms with Crippen LogP contribution in [0.25, 0.3) is 22.3 Å². The lowest BCUT2D eigenvalue weighted by Gasteiger charge is -2.32. The third-order valence-electron chi connectivity index (χ3n) is 8.19. The molecule has 3 heterocycles. The first-order valence-corrected chi connectivity index (χ1v) is 17.6. The van der Waals surface area contributed by atoms with Crippen molar-refractivity contribution in [1.29, 1.82) is 0 Å². The summed E-state index contributed by atoms with van der Waals surface area (Å²) < 4.78 is 34.8. The second-order valence-corrected chi connectivity index (χ2v) is 13.3. The molecule has 2 N–H and O–H groups in total. The van der Waals surface area contributed by atoms with Crippen molar-refractivity contribution >= 4 is 27.0 Å². The fourth-order valence-corrected chi connectivity index (χ4v) is 6.27. The molecule has 1 aliphatic heterocycles. The number of hydrogen-bond acceptors (Lipinski definition) is 9. The highest BCUT2D eigenvalue weighted by molar-refractivity contribution is 7.85. The van der Waals surface area contributed by atoms with Gasteiger partial charge in [0, 0.05) is 18.7 Å². The number of fused-ring (bicyclic) bond motifs is 1. The molecule has 2 aromatic heterocycles. The van der Waals surface area contributed by atoms with Crippen molar-refractivity contribution in [3.8, 4) is 22.8 Å². The molecule has 4 aromatic rings. The minimum absolute atomic E-state index is 0.264. The minimum atomic E-state index is -3.31. The number of para-hydroxylation sites is 1. The van der Waals surface area contributed by atoms with Crippen molar-refractivity contribution in [3.63, 3.8) is 0 Å². The predicted octanol–water partition coefficient (Wildman–Crippen LogP) is 6.60. The molecule has 5 rings (SSSR count). The second kappa shape index (κ2) is 15.5. The van der Waals surface area contributed by atoms with Crippen LogP contribution in [-0.2, 0) is 14.3 Å². The molecule has 44 heavy (non-hydrogen) atoms. The van der Waals surface area contributed by atoms with Gasteiger partial charge in [0.25, 0.3) is 10.1 Å². The standard InChI is InChI=1S/C33H44N6O4S/c1-44(40,41)42-24-12-7-5-3-2-4-6-11-21-38-22-19-27(20-23-38)39-33-30(32(34)35-25-36-33)31(37-39)26-15-17-29(18-16-26)43-28-13-9-8-10-14-28/h8-10,13-18,25,27H,2-7,11-12,19-24H2,1H3,(H2,34,35,36). The molecule has 10 nitrogen and oxygen atoms in total. The van der Waals surface area contributed by atoms with Gasteiger partial charge in [0.1, 0.15) is 29.3 Å². The van der Waals surface area contributed by atoms with Crippen LogP contribution >= 0.6 is 0 Å². The number of nitrogens with zero attached hydrogens (tertiary/aromatic N) is 5. The highest BCUT2D eigenvalue weighted by atomic mass is 32.2. The van der Waals surface area contributed by atoms with Gasteiger partial charge >= 0.3 is 0 Å². The lowest BCUT2D eigenvalue weighted by atomic mass is 10.0. The molecule has 2 aromatic carbocycles. The summed E-state index contributed by atoms with van der Waals surface area (Å²) in [4.78, 5) is 11.5. The van der Waals surface area contributed by atoms with Gasteiger partial charge in [0.05, 0.1) is 24.3 Å². The molecule has 0 unspecified atom stereocenters. The molecular formula is C33H44N6O4S. The molecule has 0 bridgehead atoms. The zero-order chi connectivity index (χ0) is 30.8. The van der Waals surface area contributed by atoms with Crippen molar-refractivity contribution in [3.05, 3.63) is 60.9 Å². The number of rotatable bonds is 16. The Hall–Kier alpha value is -3.54. The summed E-state index contributed by atoms with van der Waals surface area (Å²) in [5.74, 6) is 2.00. The first-order valence-electron chi connectivity index (χ1n) is 15.8. The minimum Gasteiger partial charge on any atom is -0.457 e. The maximum Gasteiger partial charge on any atom is 0.264 e. The summed E-state index contributed by atoms with van der Waals surface area (Å²) in [6.07, 6.45) is 13.8. The summed E-state index contributed by atoms with van der Waals surface area (Å²) in [7, 11) is -3.31. The van der Waals surface area contributed by atoms with Crippen molar-refractivity contribution in [2.45, 2.75) is 70.3 Å². The fourth-order valence-electron chi connectivity index (χ4n) is 5.85. The van der Waals surface area contributed by atoms with Gasteiger partial charge in [-0.15, -0.1) is 0 Å². The smallest absolute Gasteiger partial charge is 0.264 e. The lowest BCUT2D eigenvalue weighted by molar-refractivity contribution is 0.179. The van der Waals surface area contributed by atoms with Gasteiger partial charge in [0.2, 0.25) is 0 Å². The summed E-state index contributed by atoms with van der Waals surface area (Å²) in [5, 5.41) is 5.86. The first-order chi connectivity index (χ1) is 21.4. The summed E-state index contributed by atoms with van der Waals surface area (Å²) in [6.45, 7) is 3.52. The van der Waals surface area contributed by atoms with E-state index >= 15 is 0 Å². The van der Waals surface area contributed by atoms with Crippen LogP contribution in [0, 0.1) is 0 Å². The average molecular weight is 621 g/mol. The number of hydrogen-bond donors (Lipinski definition) is 1. The third-order valence-corrected chi connectivity index (χ3v) is 8.79. The largest absolute Gasteiger partial charge is 0.457 e. The molecule has 0 spiro atoms. The predicted molar refractivity (Wildman–Crippen MR) is 174 cm³/mol. The van der Waals surface area contributed by atoms with Crippen LogP contribution in [0.1, 0.15) is 70.3 Å². The van der Waals surface area contributed by atoms with Crippen molar-refractivity contribution in [2.24, 2.45) is 0 Å². The fraction of sp³-hybridized carbons (Fsp3) is 0.485. The van der Waals surface area contributed by atoms with E-state index in [0.717, 1.165) is 91.8 Å². The van der Waals surface area contributed by atoms with E-state index in [9.17, 15) is 8.42 Å². The molecule has 1 aliphatic rings. The Bertz CT molecular complexity index is 1570. The van der Waals surface area contributed by atoms with E-state index in [1.807, 2.05) is 54.6 Å². The van der Waals surface area contributed by atoms with Crippen LogP contribution in [0.3, 0.4) is 0 Å². The highest BCUT2D eigenvalue weighted by Gasteiger charge is 2.26. The molecule has 11 heteroatoms. The molecule has 1 saturated heterocycles. The molecule has 0 amide bonds. The van der Waals surface area contributed by atoms with E-state index in [1.165, 1.54) is 38.4 Å². The van der Waals surface area contributed by atoms with Crippen LogP contribution in [0.15, 0.2) is 60.9 Å². The van der Waals surface area contributed by atoms with Crippen molar-refractivity contribution in [1.82, 2.24) is 24.6 Å². The Morgan fingerprint density at radius 2 is 1.48 bits per heavy atom. The van der Waals surface area contributed by atoms with Gasteiger partial charge in [-0.1, -0.05) is 56.7 Å². The van der Waals surface area contributed by atoms with Gasteiger partial charge in [0.15, 0.2) is 5.65 Å². The third kappa shape index (κ3) is 8.99. The van der Waals surface area contributed by atoms with E-state index in [1.54, 1.807) is 0 Å². The maximum absolute atomic E-state index is 11.0. The van der Waals surface area contributed by atoms with Gasteiger partial charge in [-0.25, -0.2) is 14.6 Å². The van der Waals surface area contributed by atoms with Gasteiger partial charge in [-0.05, 0) is 68.6 Å². The molecular weight excluding hydrogens is 576 g/mol.